The van der Waals surface area contributed by atoms with Gasteiger partial charge in [-0.3, -0.25) is 4.99 Å². The van der Waals surface area contributed by atoms with Crippen LogP contribution in [0, 0.1) is 6.92 Å². The predicted octanol–water partition coefficient (Wildman–Crippen LogP) is 2.69. The van der Waals surface area contributed by atoms with Gasteiger partial charge in [0.05, 0.1) is 6.54 Å². The van der Waals surface area contributed by atoms with Crippen LogP contribution in [0.4, 0.5) is 0 Å². The molecule has 1 rings (SSSR count). The smallest absolute Gasteiger partial charge is 0.176 e. The molecule has 0 fully saturated rings. The molecule has 88 valence electrons. The van der Waals surface area contributed by atoms with Crippen LogP contribution in [-0.4, -0.2) is 33.3 Å². The maximum absolute atomic E-state index is 5.86. The summed E-state index contributed by atoms with van der Waals surface area (Å²) in [5, 5.41) is 0.737. The molecule has 4 heteroatoms. The summed E-state index contributed by atoms with van der Waals surface area (Å²) in [6.07, 6.45) is 1.51. The summed E-state index contributed by atoms with van der Waals surface area (Å²) in [7, 11) is 3.19. The van der Waals surface area contributed by atoms with Crippen molar-refractivity contribution >= 4 is 17.8 Å². The highest BCUT2D eigenvalue weighted by Gasteiger charge is 2.02. The van der Waals surface area contributed by atoms with Crippen molar-refractivity contribution < 1.29 is 9.47 Å². The molecule has 0 aromatic heterocycles. The fourth-order valence-corrected chi connectivity index (χ4v) is 1.49. The largest absolute Gasteiger partial charge is 0.354 e. The van der Waals surface area contributed by atoms with E-state index in [2.05, 4.69) is 4.99 Å². The van der Waals surface area contributed by atoms with E-state index in [0.717, 1.165) is 16.1 Å². The van der Waals surface area contributed by atoms with Gasteiger partial charge in [0, 0.05) is 25.5 Å². The van der Waals surface area contributed by atoms with E-state index in [0.29, 0.717) is 6.54 Å². The minimum atomic E-state index is -0.288. The molecular weight excluding hydrogens is 226 g/mol. The van der Waals surface area contributed by atoms with E-state index in [9.17, 15) is 0 Å². The minimum Gasteiger partial charge on any atom is -0.354 e. The van der Waals surface area contributed by atoms with Crippen LogP contribution in [0.5, 0.6) is 0 Å². The van der Waals surface area contributed by atoms with Gasteiger partial charge in [0.15, 0.2) is 6.29 Å². The zero-order valence-electron chi connectivity index (χ0n) is 9.74. The number of halogens is 1. The van der Waals surface area contributed by atoms with Gasteiger partial charge < -0.3 is 9.47 Å². The summed E-state index contributed by atoms with van der Waals surface area (Å²) in [4.78, 5) is 4.26. The number of aliphatic imine (C=N–C) groups is 1. The van der Waals surface area contributed by atoms with Gasteiger partial charge in [-0.1, -0.05) is 17.7 Å². The van der Waals surface area contributed by atoms with Crippen molar-refractivity contribution in [3.8, 4) is 0 Å². The average molecular weight is 242 g/mol. The van der Waals surface area contributed by atoms with Crippen LogP contribution in [-0.2, 0) is 9.47 Å². The second kappa shape index (κ2) is 6.63. The maximum atomic E-state index is 5.86. The van der Waals surface area contributed by atoms with Crippen LogP contribution in [0.2, 0.25) is 5.02 Å². The van der Waals surface area contributed by atoms with Crippen LogP contribution in [0.3, 0.4) is 0 Å². The highest BCUT2D eigenvalue weighted by atomic mass is 35.5. The second-order valence-corrected chi connectivity index (χ2v) is 3.83. The minimum absolute atomic E-state index is 0.288. The van der Waals surface area contributed by atoms with E-state index in [1.165, 1.54) is 0 Å². The molecule has 0 aliphatic rings. The van der Waals surface area contributed by atoms with Crippen LogP contribution < -0.4 is 0 Å². The molecule has 0 amide bonds. The lowest BCUT2D eigenvalue weighted by Crippen LogP contribution is -2.16. The Labute approximate surface area is 101 Å². The van der Waals surface area contributed by atoms with Gasteiger partial charge in [-0.15, -0.1) is 0 Å². The second-order valence-electron chi connectivity index (χ2n) is 3.40. The first kappa shape index (κ1) is 13.2. The van der Waals surface area contributed by atoms with Crippen molar-refractivity contribution in [3.05, 3.63) is 34.3 Å². The highest BCUT2D eigenvalue weighted by molar-refractivity contribution is 6.30. The Morgan fingerprint density at radius 3 is 2.62 bits per heavy atom. The summed E-state index contributed by atoms with van der Waals surface area (Å²) in [6.45, 7) is 2.48. The molecule has 1 aromatic carbocycles. The molecule has 16 heavy (non-hydrogen) atoms. The van der Waals surface area contributed by atoms with E-state index in [-0.39, 0.29) is 6.29 Å². The van der Waals surface area contributed by atoms with Gasteiger partial charge in [0.25, 0.3) is 0 Å². The number of aryl methyl sites for hydroxylation is 1. The van der Waals surface area contributed by atoms with Crippen molar-refractivity contribution in [1.82, 2.24) is 0 Å². The van der Waals surface area contributed by atoms with Gasteiger partial charge in [-0.25, -0.2) is 0 Å². The first-order chi connectivity index (χ1) is 7.67. The predicted molar refractivity (Wildman–Crippen MR) is 66.5 cm³/mol. The van der Waals surface area contributed by atoms with Crippen LogP contribution in [0.1, 0.15) is 11.1 Å². The molecule has 0 unspecified atom stereocenters. The highest BCUT2D eigenvalue weighted by Crippen LogP contribution is 2.13. The van der Waals surface area contributed by atoms with E-state index >= 15 is 0 Å². The third-order valence-electron chi connectivity index (χ3n) is 2.24. The van der Waals surface area contributed by atoms with E-state index in [1.807, 2.05) is 25.1 Å². The number of hydrogen-bond acceptors (Lipinski definition) is 3. The van der Waals surface area contributed by atoms with Gasteiger partial charge in [-0.2, -0.15) is 0 Å². The molecular formula is C12H16ClNO2. The maximum Gasteiger partial charge on any atom is 0.176 e. The Bertz CT molecular complexity index is 362. The Kier molecular flexibility index (Phi) is 5.46. The lowest BCUT2D eigenvalue weighted by atomic mass is 10.1. The molecule has 0 spiro atoms. The van der Waals surface area contributed by atoms with Gasteiger partial charge in [0.2, 0.25) is 0 Å². The molecule has 0 radical (unpaired) electrons. The molecule has 0 heterocycles. The Morgan fingerprint density at radius 2 is 2.06 bits per heavy atom. The van der Waals surface area contributed by atoms with Crippen LogP contribution >= 0.6 is 11.6 Å². The van der Waals surface area contributed by atoms with E-state index in [4.69, 9.17) is 21.1 Å². The number of rotatable bonds is 5. The van der Waals surface area contributed by atoms with E-state index in [1.54, 1.807) is 20.4 Å². The molecule has 0 bridgehead atoms. The molecule has 0 atom stereocenters. The van der Waals surface area contributed by atoms with Crippen LogP contribution in [0.25, 0.3) is 0 Å². The molecule has 3 nitrogen and oxygen atoms in total. The van der Waals surface area contributed by atoms with Crippen molar-refractivity contribution in [2.75, 3.05) is 20.8 Å². The summed E-state index contributed by atoms with van der Waals surface area (Å²) in [6, 6.07) is 5.70. The first-order valence-corrected chi connectivity index (χ1v) is 5.36. The van der Waals surface area contributed by atoms with Crippen molar-refractivity contribution in [3.63, 3.8) is 0 Å². The lowest BCUT2D eigenvalue weighted by Gasteiger charge is -2.09. The summed E-state index contributed by atoms with van der Waals surface area (Å²) >= 11 is 5.86. The average Bonchev–Trinajstić information content (AvgIpc) is 2.27. The van der Waals surface area contributed by atoms with Crippen molar-refractivity contribution in [2.45, 2.75) is 13.2 Å². The molecule has 0 N–H and O–H groups in total. The molecule has 0 saturated heterocycles. The Morgan fingerprint density at radius 1 is 1.38 bits per heavy atom. The van der Waals surface area contributed by atoms with E-state index < -0.39 is 0 Å². The third-order valence-corrected chi connectivity index (χ3v) is 2.48. The first-order valence-electron chi connectivity index (χ1n) is 4.99. The van der Waals surface area contributed by atoms with Crippen molar-refractivity contribution in [2.24, 2.45) is 4.99 Å². The SMILES string of the molecule is COC(CN=Cc1ccc(Cl)cc1C)OC. The monoisotopic (exact) mass is 241 g/mol. The van der Waals surface area contributed by atoms with Crippen molar-refractivity contribution in [1.29, 1.82) is 0 Å². The molecule has 0 aliphatic carbocycles. The Balaban J connectivity index is 2.62. The molecule has 0 saturated carbocycles. The lowest BCUT2D eigenvalue weighted by molar-refractivity contribution is -0.0936. The number of nitrogens with zero attached hydrogens (tertiary/aromatic N) is 1. The number of methoxy groups -OCH3 is 2. The quantitative estimate of drug-likeness (QED) is 0.586. The normalized spacial score (nSPS) is 11.6. The standard InChI is InChI=1S/C12H16ClNO2/c1-9-6-11(13)5-4-10(9)7-14-8-12(15-2)16-3/h4-7,12H,8H2,1-3H3. The zero-order valence-corrected chi connectivity index (χ0v) is 10.5. The summed E-state index contributed by atoms with van der Waals surface area (Å²) in [5.41, 5.74) is 2.15. The van der Waals surface area contributed by atoms with Gasteiger partial charge in [0.1, 0.15) is 0 Å². The van der Waals surface area contributed by atoms with Crippen LogP contribution in [0.15, 0.2) is 23.2 Å². The third kappa shape index (κ3) is 3.93. The number of ether oxygens (including phenoxy) is 2. The zero-order chi connectivity index (χ0) is 12.0. The molecule has 1 aromatic rings. The summed E-state index contributed by atoms with van der Waals surface area (Å²) in [5.74, 6) is 0. The Hall–Kier alpha value is -0.900. The molecule has 0 aliphatic heterocycles. The number of hydrogen-bond donors (Lipinski definition) is 0. The fourth-order valence-electron chi connectivity index (χ4n) is 1.27. The van der Waals surface area contributed by atoms with Gasteiger partial charge >= 0.3 is 0 Å². The van der Waals surface area contributed by atoms with Gasteiger partial charge in [-0.05, 0) is 30.2 Å². The summed E-state index contributed by atoms with van der Waals surface area (Å²) < 4.78 is 10.1. The number of benzene rings is 1. The fraction of sp³-hybridized carbons (Fsp3) is 0.417. The topological polar surface area (TPSA) is 30.8 Å².